The molecule has 0 aromatic heterocycles. The monoisotopic (exact) mass is 471 g/mol. The number of methoxy groups -OCH3 is 2. The molecule has 0 aliphatic carbocycles. The van der Waals surface area contributed by atoms with Crippen LogP contribution in [0.3, 0.4) is 0 Å². The van der Waals surface area contributed by atoms with Crippen LogP contribution >= 0.6 is 11.8 Å². The van der Waals surface area contributed by atoms with Crippen molar-refractivity contribution in [3.8, 4) is 11.5 Å². The van der Waals surface area contributed by atoms with Gasteiger partial charge in [0.05, 0.1) is 37.0 Å². The standard InChI is InChI=1S/C24H29N3O5S/c1-16-6-8-17(9-7-16)25-22(28)14-33-15-23(29)26-19-13-21(32-3)20(31-2)12-18(19)24(30)27-10-4-5-11-27/h6-9,12-13H,4-5,10-11,14-15H2,1-3H3,(H,25,28)(H,26,29). The molecule has 2 aromatic carbocycles. The number of amides is 3. The van der Waals surface area contributed by atoms with Gasteiger partial charge in [0.15, 0.2) is 11.5 Å². The van der Waals surface area contributed by atoms with Crippen LogP contribution in [0.4, 0.5) is 11.4 Å². The summed E-state index contributed by atoms with van der Waals surface area (Å²) in [7, 11) is 2.99. The van der Waals surface area contributed by atoms with E-state index in [4.69, 9.17) is 9.47 Å². The lowest BCUT2D eigenvalue weighted by Gasteiger charge is -2.20. The van der Waals surface area contributed by atoms with E-state index in [0.717, 1.165) is 18.4 Å². The first-order valence-electron chi connectivity index (χ1n) is 10.7. The van der Waals surface area contributed by atoms with Crippen molar-refractivity contribution in [2.24, 2.45) is 0 Å². The van der Waals surface area contributed by atoms with E-state index in [1.54, 1.807) is 17.0 Å². The molecule has 2 aromatic rings. The molecule has 0 atom stereocenters. The molecule has 0 radical (unpaired) electrons. The van der Waals surface area contributed by atoms with E-state index in [0.29, 0.717) is 41.5 Å². The molecule has 2 N–H and O–H groups in total. The van der Waals surface area contributed by atoms with Crippen LogP contribution in [0.25, 0.3) is 0 Å². The van der Waals surface area contributed by atoms with Gasteiger partial charge in [0.25, 0.3) is 5.91 Å². The maximum Gasteiger partial charge on any atom is 0.256 e. The number of nitrogens with one attached hydrogen (secondary N) is 2. The second-order valence-electron chi connectivity index (χ2n) is 7.71. The van der Waals surface area contributed by atoms with Crippen LogP contribution in [0.15, 0.2) is 36.4 Å². The van der Waals surface area contributed by atoms with Crippen LogP contribution in [0, 0.1) is 6.92 Å². The van der Waals surface area contributed by atoms with Gasteiger partial charge in [0.1, 0.15) is 0 Å². The summed E-state index contributed by atoms with van der Waals surface area (Å²) in [6.45, 7) is 3.35. The lowest BCUT2D eigenvalue weighted by Crippen LogP contribution is -2.29. The van der Waals surface area contributed by atoms with Crippen LogP contribution in [0.2, 0.25) is 0 Å². The Hall–Kier alpha value is -3.20. The van der Waals surface area contributed by atoms with E-state index < -0.39 is 0 Å². The molecule has 0 unspecified atom stereocenters. The number of ether oxygens (including phenoxy) is 2. The Kier molecular flexibility index (Phi) is 8.59. The van der Waals surface area contributed by atoms with Crippen molar-refractivity contribution in [3.63, 3.8) is 0 Å². The number of benzene rings is 2. The Bertz CT molecular complexity index is 1000. The summed E-state index contributed by atoms with van der Waals surface area (Å²) >= 11 is 1.19. The minimum atomic E-state index is -0.314. The number of anilines is 2. The molecule has 33 heavy (non-hydrogen) atoms. The minimum absolute atomic E-state index is 0.0625. The average molecular weight is 472 g/mol. The zero-order valence-electron chi connectivity index (χ0n) is 19.1. The molecular weight excluding hydrogens is 442 g/mol. The van der Waals surface area contributed by atoms with Gasteiger partial charge in [-0.25, -0.2) is 0 Å². The van der Waals surface area contributed by atoms with E-state index in [2.05, 4.69) is 10.6 Å². The van der Waals surface area contributed by atoms with Crippen molar-refractivity contribution >= 4 is 40.9 Å². The van der Waals surface area contributed by atoms with Crippen molar-refractivity contribution in [2.75, 3.05) is 49.4 Å². The summed E-state index contributed by atoms with van der Waals surface area (Å²) in [6.07, 6.45) is 1.92. The first-order valence-corrected chi connectivity index (χ1v) is 11.9. The van der Waals surface area contributed by atoms with Crippen molar-refractivity contribution in [2.45, 2.75) is 19.8 Å². The molecule has 0 spiro atoms. The van der Waals surface area contributed by atoms with E-state index >= 15 is 0 Å². The predicted molar refractivity (Wildman–Crippen MR) is 130 cm³/mol. The summed E-state index contributed by atoms with van der Waals surface area (Å²) in [5.74, 6) is 0.364. The first kappa shape index (κ1) is 24.4. The van der Waals surface area contributed by atoms with E-state index in [9.17, 15) is 14.4 Å². The minimum Gasteiger partial charge on any atom is -0.493 e. The third-order valence-electron chi connectivity index (χ3n) is 5.22. The number of nitrogens with zero attached hydrogens (tertiary/aromatic N) is 1. The Balaban J connectivity index is 1.62. The fourth-order valence-corrected chi connectivity index (χ4v) is 4.12. The molecule has 176 valence electrons. The fraction of sp³-hybridized carbons (Fsp3) is 0.375. The second-order valence-corrected chi connectivity index (χ2v) is 8.69. The predicted octanol–water partition coefficient (Wildman–Crippen LogP) is 3.56. The maximum absolute atomic E-state index is 13.0. The highest BCUT2D eigenvalue weighted by atomic mass is 32.2. The lowest BCUT2D eigenvalue weighted by molar-refractivity contribution is -0.114. The number of rotatable bonds is 9. The summed E-state index contributed by atoms with van der Waals surface area (Å²) < 4.78 is 10.7. The third-order valence-corrected chi connectivity index (χ3v) is 6.16. The van der Waals surface area contributed by atoms with Crippen LogP contribution in [0.5, 0.6) is 11.5 Å². The quantitative estimate of drug-likeness (QED) is 0.581. The SMILES string of the molecule is COc1cc(NC(=O)CSCC(=O)Nc2ccc(C)cc2)c(C(=O)N2CCCC2)cc1OC. The number of aryl methyl sites for hydroxylation is 1. The highest BCUT2D eigenvalue weighted by molar-refractivity contribution is 8.00. The van der Waals surface area contributed by atoms with Crippen LogP contribution in [-0.4, -0.2) is 61.4 Å². The Morgan fingerprint density at radius 2 is 1.48 bits per heavy atom. The summed E-state index contributed by atoms with van der Waals surface area (Å²) in [5, 5.41) is 5.60. The maximum atomic E-state index is 13.0. The topological polar surface area (TPSA) is 97.0 Å². The normalized spacial score (nSPS) is 12.9. The van der Waals surface area contributed by atoms with Crippen molar-refractivity contribution in [1.82, 2.24) is 4.90 Å². The molecule has 1 aliphatic rings. The number of likely N-dealkylation sites (tertiary alicyclic amines) is 1. The van der Waals surface area contributed by atoms with Crippen LogP contribution < -0.4 is 20.1 Å². The molecule has 3 amide bonds. The molecule has 0 bridgehead atoms. The van der Waals surface area contributed by atoms with Crippen LogP contribution in [0.1, 0.15) is 28.8 Å². The van der Waals surface area contributed by atoms with Gasteiger partial charge in [-0.2, -0.15) is 0 Å². The van der Waals surface area contributed by atoms with Gasteiger partial charge in [-0.3, -0.25) is 14.4 Å². The first-order chi connectivity index (χ1) is 15.9. The second kappa shape index (κ2) is 11.6. The third kappa shape index (κ3) is 6.64. The lowest BCUT2D eigenvalue weighted by atomic mass is 10.1. The fourth-order valence-electron chi connectivity index (χ4n) is 3.51. The summed E-state index contributed by atoms with van der Waals surface area (Å²) in [4.78, 5) is 39.5. The van der Waals surface area contributed by atoms with Crippen molar-refractivity contribution < 1.29 is 23.9 Å². The number of hydrogen-bond donors (Lipinski definition) is 2. The van der Waals surface area contributed by atoms with E-state index in [-0.39, 0.29) is 29.2 Å². The number of thioether (sulfide) groups is 1. The molecular formula is C24H29N3O5S. The van der Waals surface area contributed by atoms with Gasteiger partial charge in [0.2, 0.25) is 11.8 Å². The molecule has 1 heterocycles. The van der Waals surface area contributed by atoms with Gasteiger partial charge in [-0.15, -0.1) is 11.8 Å². The smallest absolute Gasteiger partial charge is 0.256 e. The molecule has 9 heteroatoms. The Labute approximate surface area is 198 Å². The van der Waals surface area contributed by atoms with Crippen LogP contribution in [-0.2, 0) is 9.59 Å². The summed E-state index contributed by atoms with van der Waals surface area (Å²) in [5.41, 5.74) is 2.53. The van der Waals surface area contributed by atoms with Gasteiger partial charge in [0, 0.05) is 24.8 Å². The zero-order valence-corrected chi connectivity index (χ0v) is 19.9. The highest BCUT2D eigenvalue weighted by Crippen LogP contribution is 2.34. The number of hydrogen-bond acceptors (Lipinski definition) is 6. The number of carbonyl (C=O) groups excluding carboxylic acids is 3. The van der Waals surface area contributed by atoms with Gasteiger partial charge in [-0.1, -0.05) is 17.7 Å². The molecule has 1 saturated heterocycles. The summed E-state index contributed by atoms with van der Waals surface area (Å²) in [6, 6.07) is 10.7. The largest absolute Gasteiger partial charge is 0.493 e. The van der Waals surface area contributed by atoms with Crippen molar-refractivity contribution in [3.05, 3.63) is 47.5 Å². The molecule has 1 aliphatic heterocycles. The number of carbonyl (C=O) groups is 3. The average Bonchev–Trinajstić information content (AvgIpc) is 3.35. The Morgan fingerprint density at radius 3 is 2.09 bits per heavy atom. The highest BCUT2D eigenvalue weighted by Gasteiger charge is 2.25. The van der Waals surface area contributed by atoms with Gasteiger partial charge < -0.3 is 25.0 Å². The zero-order chi connectivity index (χ0) is 23.8. The molecule has 1 fully saturated rings. The van der Waals surface area contributed by atoms with E-state index in [1.165, 1.54) is 26.0 Å². The molecule has 0 saturated carbocycles. The van der Waals surface area contributed by atoms with E-state index in [1.807, 2.05) is 31.2 Å². The van der Waals surface area contributed by atoms with Gasteiger partial charge >= 0.3 is 0 Å². The van der Waals surface area contributed by atoms with Gasteiger partial charge in [-0.05, 0) is 38.0 Å². The molecule has 3 rings (SSSR count). The Morgan fingerprint density at radius 1 is 0.909 bits per heavy atom. The van der Waals surface area contributed by atoms with Crippen molar-refractivity contribution in [1.29, 1.82) is 0 Å². The molecule has 8 nitrogen and oxygen atoms in total.